The summed E-state index contributed by atoms with van der Waals surface area (Å²) in [4.78, 5) is 0. The van der Waals surface area contributed by atoms with Crippen molar-refractivity contribution in [3.63, 3.8) is 0 Å². The molecule has 0 aliphatic carbocycles. The second-order valence-corrected chi connectivity index (χ2v) is 6.14. The van der Waals surface area contributed by atoms with Gasteiger partial charge in [-0.1, -0.05) is 66.0 Å². The zero-order valence-electron chi connectivity index (χ0n) is 12.5. The molecule has 21 heavy (non-hydrogen) atoms. The first-order valence-electron chi connectivity index (χ1n) is 7.32. The van der Waals surface area contributed by atoms with Crippen LogP contribution >= 0.6 is 23.2 Å². The Morgan fingerprint density at radius 1 is 1.05 bits per heavy atom. The number of halogens is 2. The minimum Gasteiger partial charge on any atom is -0.316 e. The van der Waals surface area contributed by atoms with Crippen molar-refractivity contribution in [2.45, 2.75) is 26.2 Å². The molecule has 0 saturated carbocycles. The Kier molecular flexibility index (Phi) is 6.10. The summed E-state index contributed by atoms with van der Waals surface area (Å²) in [5, 5.41) is 4.93. The first-order valence-corrected chi connectivity index (χ1v) is 8.07. The maximum Gasteiger partial charge on any atom is 0.0453 e. The zero-order valence-corrected chi connectivity index (χ0v) is 14.0. The van der Waals surface area contributed by atoms with Crippen LogP contribution < -0.4 is 5.32 Å². The second-order valence-electron chi connectivity index (χ2n) is 5.32. The fourth-order valence-corrected chi connectivity index (χ4v) is 3.08. The molecule has 2 aromatic rings. The molecule has 0 aliphatic heterocycles. The number of likely N-dealkylation sites (N-methyl/N-ethyl adjacent to an activating group) is 1. The quantitative estimate of drug-likeness (QED) is 0.767. The lowest BCUT2D eigenvalue weighted by Crippen LogP contribution is -2.23. The van der Waals surface area contributed by atoms with Gasteiger partial charge in [0.15, 0.2) is 0 Å². The van der Waals surface area contributed by atoms with E-state index in [4.69, 9.17) is 23.2 Å². The third-order valence-corrected chi connectivity index (χ3v) is 4.37. The minimum atomic E-state index is 0.363. The summed E-state index contributed by atoms with van der Waals surface area (Å²) in [5.41, 5.74) is 3.64. The SMILES string of the molecule is CCNCC(Cc1c(Cl)cccc1Cl)c1cccc(C)c1. The predicted molar refractivity (Wildman–Crippen MR) is 92.6 cm³/mol. The molecule has 0 radical (unpaired) electrons. The van der Waals surface area contributed by atoms with E-state index < -0.39 is 0 Å². The van der Waals surface area contributed by atoms with Gasteiger partial charge in [0.1, 0.15) is 0 Å². The largest absolute Gasteiger partial charge is 0.316 e. The highest BCUT2D eigenvalue weighted by atomic mass is 35.5. The molecular weight excluding hydrogens is 301 g/mol. The van der Waals surface area contributed by atoms with E-state index in [9.17, 15) is 0 Å². The van der Waals surface area contributed by atoms with Crippen LogP contribution in [0.3, 0.4) is 0 Å². The van der Waals surface area contributed by atoms with Gasteiger partial charge in [0.05, 0.1) is 0 Å². The molecule has 1 atom stereocenters. The minimum absolute atomic E-state index is 0.363. The van der Waals surface area contributed by atoms with Crippen molar-refractivity contribution in [2.24, 2.45) is 0 Å². The van der Waals surface area contributed by atoms with Crippen molar-refractivity contribution >= 4 is 23.2 Å². The molecule has 1 nitrogen and oxygen atoms in total. The highest BCUT2D eigenvalue weighted by Crippen LogP contribution is 2.30. The average molecular weight is 322 g/mol. The number of nitrogens with one attached hydrogen (secondary N) is 1. The number of benzene rings is 2. The van der Waals surface area contributed by atoms with Crippen LogP contribution in [-0.2, 0) is 6.42 Å². The molecule has 0 saturated heterocycles. The molecule has 0 aromatic heterocycles. The lowest BCUT2D eigenvalue weighted by Gasteiger charge is -2.20. The maximum absolute atomic E-state index is 6.32. The number of hydrogen-bond donors (Lipinski definition) is 1. The molecule has 0 spiro atoms. The zero-order chi connectivity index (χ0) is 15.2. The molecule has 0 aliphatic rings. The maximum atomic E-state index is 6.32. The van der Waals surface area contributed by atoms with Crippen molar-refractivity contribution in [1.82, 2.24) is 5.32 Å². The predicted octanol–water partition coefficient (Wildman–Crippen LogP) is 5.24. The molecule has 2 rings (SSSR count). The summed E-state index contributed by atoms with van der Waals surface area (Å²) in [7, 11) is 0. The van der Waals surface area contributed by atoms with E-state index in [0.717, 1.165) is 35.1 Å². The van der Waals surface area contributed by atoms with E-state index in [1.54, 1.807) is 0 Å². The van der Waals surface area contributed by atoms with Crippen LogP contribution in [0, 0.1) is 6.92 Å². The van der Waals surface area contributed by atoms with E-state index in [0.29, 0.717) is 5.92 Å². The van der Waals surface area contributed by atoms with Crippen LogP contribution in [0.4, 0.5) is 0 Å². The summed E-state index contributed by atoms with van der Waals surface area (Å²) in [6, 6.07) is 14.4. The number of hydrogen-bond acceptors (Lipinski definition) is 1. The van der Waals surface area contributed by atoms with E-state index in [1.165, 1.54) is 11.1 Å². The Bertz CT molecular complexity index is 575. The number of rotatable bonds is 6. The molecule has 0 bridgehead atoms. The Balaban J connectivity index is 2.28. The third-order valence-electron chi connectivity index (χ3n) is 3.67. The van der Waals surface area contributed by atoms with Crippen molar-refractivity contribution < 1.29 is 0 Å². The highest BCUT2D eigenvalue weighted by Gasteiger charge is 2.16. The third kappa shape index (κ3) is 4.47. The average Bonchev–Trinajstić information content (AvgIpc) is 2.46. The van der Waals surface area contributed by atoms with Gasteiger partial charge in [-0.3, -0.25) is 0 Å². The van der Waals surface area contributed by atoms with E-state index in [2.05, 4.69) is 43.4 Å². The van der Waals surface area contributed by atoms with E-state index >= 15 is 0 Å². The van der Waals surface area contributed by atoms with Crippen molar-refractivity contribution in [3.8, 4) is 0 Å². The lowest BCUT2D eigenvalue weighted by molar-refractivity contribution is 0.595. The van der Waals surface area contributed by atoms with Gasteiger partial charge in [-0.2, -0.15) is 0 Å². The van der Waals surface area contributed by atoms with Crippen LogP contribution in [0.2, 0.25) is 10.0 Å². The first kappa shape index (κ1) is 16.4. The van der Waals surface area contributed by atoms with Gasteiger partial charge in [0.25, 0.3) is 0 Å². The molecule has 1 N–H and O–H groups in total. The Morgan fingerprint density at radius 3 is 2.33 bits per heavy atom. The second kappa shape index (κ2) is 7.84. The van der Waals surface area contributed by atoms with Crippen molar-refractivity contribution in [2.75, 3.05) is 13.1 Å². The normalized spacial score (nSPS) is 12.4. The Labute approximate surface area is 137 Å². The Hall–Kier alpha value is -1.02. The van der Waals surface area contributed by atoms with Crippen molar-refractivity contribution in [1.29, 1.82) is 0 Å². The molecule has 3 heteroatoms. The van der Waals surface area contributed by atoms with Crippen molar-refractivity contribution in [3.05, 3.63) is 69.2 Å². The molecule has 0 amide bonds. The Morgan fingerprint density at radius 2 is 1.71 bits per heavy atom. The lowest BCUT2D eigenvalue weighted by atomic mass is 9.91. The smallest absolute Gasteiger partial charge is 0.0453 e. The van der Waals surface area contributed by atoms with Gasteiger partial charge in [0.2, 0.25) is 0 Å². The monoisotopic (exact) mass is 321 g/mol. The van der Waals surface area contributed by atoms with E-state index in [1.807, 2.05) is 18.2 Å². The molecule has 1 unspecified atom stereocenters. The van der Waals surface area contributed by atoms with Crippen LogP contribution in [0.1, 0.15) is 29.5 Å². The van der Waals surface area contributed by atoms with Gasteiger partial charge in [-0.05, 0) is 43.1 Å². The van der Waals surface area contributed by atoms with Gasteiger partial charge in [-0.25, -0.2) is 0 Å². The standard InChI is InChI=1S/C18H21Cl2N/c1-3-21-12-15(14-7-4-6-13(2)10-14)11-16-17(19)8-5-9-18(16)20/h4-10,15,21H,3,11-12H2,1-2H3. The van der Waals surface area contributed by atoms with Gasteiger partial charge >= 0.3 is 0 Å². The molecule has 0 fully saturated rings. The topological polar surface area (TPSA) is 12.0 Å². The summed E-state index contributed by atoms with van der Waals surface area (Å²) >= 11 is 12.6. The van der Waals surface area contributed by atoms with Crippen LogP contribution in [-0.4, -0.2) is 13.1 Å². The number of aryl methyl sites for hydroxylation is 1. The highest BCUT2D eigenvalue weighted by molar-refractivity contribution is 6.36. The van der Waals surface area contributed by atoms with Crippen LogP contribution in [0.25, 0.3) is 0 Å². The van der Waals surface area contributed by atoms with Gasteiger partial charge in [-0.15, -0.1) is 0 Å². The molecule has 112 valence electrons. The summed E-state index contributed by atoms with van der Waals surface area (Å²) in [5.74, 6) is 0.363. The summed E-state index contributed by atoms with van der Waals surface area (Å²) in [6.45, 7) is 6.12. The molecular formula is C18H21Cl2N. The molecule has 2 aromatic carbocycles. The van der Waals surface area contributed by atoms with E-state index in [-0.39, 0.29) is 0 Å². The van der Waals surface area contributed by atoms with Crippen LogP contribution in [0.5, 0.6) is 0 Å². The summed E-state index contributed by atoms with van der Waals surface area (Å²) in [6.07, 6.45) is 0.842. The summed E-state index contributed by atoms with van der Waals surface area (Å²) < 4.78 is 0. The fourth-order valence-electron chi connectivity index (χ4n) is 2.52. The fraction of sp³-hybridized carbons (Fsp3) is 0.333. The van der Waals surface area contributed by atoms with Crippen LogP contribution in [0.15, 0.2) is 42.5 Å². The first-order chi connectivity index (χ1) is 10.1. The van der Waals surface area contributed by atoms with Gasteiger partial charge < -0.3 is 5.32 Å². The van der Waals surface area contributed by atoms with Gasteiger partial charge in [0, 0.05) is 22.5 Å². The molecule has 0 heterocycles.